The monoisotopic (exact) mass is 400 g/mol. The van der Waals surface area contributed by atoms with Crippen molar-refractivity contribution >= 4 is 40.3 Å². The number of amidine groups is 1. The number of aryl methyl sites for hydroxylation is 2. The third kappa shape index (κ3) is 3.82. The van der Waals surface area contributed by atoms with Gasteiger partial charge in [0.15, 0.2) is 5.17 Å². The maximum Gasteiger partial charge on any atom is 0.271 e. The minimum absolute atomic E-state index is 0.139. The number of aliphatic imine (C=N–C) groups is 1. The highest BCUT2D eigenvalue weighted by Gasteiger charge is 2.35. The molecule has 5 heteroatoms. The Bertz CT molecular complexity index is 1150. The standard InChI is InChI=1S/C24H20N2O2S/c1-16-9-3-6-12-19(16)25-24-26(20-13-7-4-10-17(20)2)23(28)22(29-24)15-18-11-5-8-14-21(18)27/h3-15,27H,1-2H3/b22-15+,25-24?. The zero-order valence-corrected chi connectivity index (χ0v) is 17.0. The summed E-state index contributed by atoms with van der Waals surface area (Å²) in [5.74, 6) is -0.0139. The number of para-hydroxylation sites is 3. The molecule has 4 rings (SSSR count). The van der Waals surface area contributed by atoms with Crippen LogP contribution < -0.4 is 4.90 Å². The van der Waals surface area contributed by atoms with E-state index < -0.39 is 0 Å². The fourth-order valence-corrected chi connectivity index (χ4v) is 4.10. The SMILES string of the molecule is Cc1ccccc1N=C1S/C(=C/c2ccccc2O)C(=O)N1c1ccccc1C. The summed E-state index contributed by atoms with van der Waals surface area (Å²) in [6.07, 6.45) is 1.72. The molecule has 0 aliphatic carbocycles. The lowest BCUT2D eigenvalue weighted by molar-refractivity contribution is -0.113. The fourth-order valence-electron chi connectivity index (χ4n) is 3.12. The molecular weight excluding hydrogens is 380 g/mol. The van der Waals surface area contributed by atoms with Crippen LogP contribution in [0.25, 0.3) is 6.08 Å². The second kappa shape index (κ2) is 7.97. The molecule has 1 fully saturated rings. The lowest BCUT2D eigenvalue weighted by Gasteiger charge is -2.18. The van der Waals surface area contributed by atoms with E-state index in [0.717, 1.165) is 22.5 Å². The number of carbonyl (C=O) groups excluding carboxylic acids is 1. The summed E-state index contributed by atoms with van der Waals surface area (Å²) in [5.41, 5.74) is 4.26. The van der Waals surface area contributed by atoms with Crippen molar-refractivity contribution in [2.45, 2.75) is 13.8 Å². The second-order valence-corrected chi connectivity index (χ2v) is 7.79. The number of hydrogen-bond donors (Lipinski definition) is 1. The van der Waals surface area contributed by atoms with Gasteiger partial charge in [0.1, 0.15) is 5.75 Å². The molecule has 1 amide bonds. The molecule has 1 aliphatic rings. The predicted molar refractivity (Wildman–Crippen MR) is 121 cm³/mol. The van der Waals surface area contributed by atoms with Crippen molar-refractivity contribution in [2.75, 3.05) is 4.90 Å². The van der Waals surface area contributed by atoms with Crippen LogP contribution in [-0.2, 0) is 4.79 Å². The highest BCUT2D eigenvalue weighted by Crippen LogP contribution is 2.39. The van der Waals surface area contributed by atoms with Gasteiger partial charge in [-0.05, 0) is 61.0 Å². The third-order valence-corrected chi connectivity index (χ3v) is 5.69. The summed E-state index contributed by atoms with van der Waals surface area (Å²) in [5, 5.41) is 10.7. The maximum atomic E-state index is 13.3. The average molecular weight is 401 g/mol. The van der Waals surface area contributed by atoms with E-state index in [1.165, 1.54) is 11.8 Å². The van der Waals surface area contributed by atoms with E-state index in [2.05, 4.69) is 0 Å². The number of benzene rings is 3. The van der Waals surface area contributed by atoms with Crippen LogP contribution in [0.5, 0.6) is 5.75 Å². The Morgan fingerprint density at radius 2 is 1.55 bits per heavy atom. The summed E-state index contributed by atoms with van der Waals surface area (Å²) < 4.78 is 0. The molecule has 0 unspecified atom stereocenters. The topological polar surface area (TPSA) is 52.9 Å². The zero-order chi connectivity index (χ0) is 20.4. The van der Waals surface area contributed by atoms with Crippen molar-refractivity contribution in [3.05, 3.63) is 94.4 Å². The van der Waals surface area contributed by atoms with E-state index in [9.17, 15) is 9.90 Å². The summed E-state index contributed by atoms with van der Waals surface area (Å²) in [7, 11) is 0. The van der Waals surface area contributed by atoms with Gasteiger partial charge < -0.3 is 5.11 Å². The van der Waals surface area contributed by atoms with E-state index in [0.29, 0.717) is 15.6 Å². The molecule has 1 N–H and O–H groups in total. The molecule has 0 saturated carbocycles. The van der Waals surface area contributed by atoms with Crippen LogP contribution in [0.15, 0.2) is 82.7 Å². The quantitative estimate of drug-likeness (QED) is 0.564. The van der Waals surface area contributed by atoms with Gasteiger partial charge in [-0.25, -0.2) is 4.99 Å². The second-order valence-electron chi connectivity index (χ2n) is 6.78. The van der Waals surface area contributed by atoms with E-state index >= 15 is 0 Å². The molecule has 144 valence electrons. The molecule has 1 heterocycles. The predicted octanol–water partition coefficient (Wildman–Crippen LogP) is 5.82. The number of rotatable bonds is 3. The van der Waals surface area contributed by atoms with E-state index in [1.54, 1.807) is 29.2 Å². The number of thioether (sulfide) groups is 1. The van der Waals surface area contributed by atoms with Crippen LogP contribution in [0.2, 0.25) is 0 Å². The zero-order valence-electron chi connectivity index (χ0n) is 16.2. The number of amides is 1. The van der Waals surface area contributed by atoms with Crippen molar-refractivity contribution in [3.8, 4) is 5.75 Å². The first-order valence-corrected chi connectivity index (χ1v) is 10.1. The first kappa shape index (κ1) is 19.0. The molecule has 1 saturated heterocycles. The van der Waals surface area contributed by atoms with Gasteiger partial charge in [0, 0.05) is 5.56 Å². The largest absolute Gasteiger partial charge is 0.507 e. The van der Waals surface area contributed by atoms with Gasteiger partial charge in [-0.3, -0.25) is 9.69 Å². The molecule has 29 heavy (non-hydrogen) atoms. The molecule has 3 aromatic carbocycles. The average Bonchev–Trinajstić information content (AvgIpc) is 3.01. The number of phenols is 1. The fraction of sp³-hybridized carbons (Fsp3) is 0.0833. The Hall–Kier alpha value is -3.31. The van der Waals surface area contributed by atoms with Gasteiger partial charge in [0.25, 0.3) is 5.91 Å². The van der Waals surface area contributed by atoms with Gasteiger partial charge >= 0.3 is 0 Å². The Morgan fingerprint density at radius 1 is 0.897 bits per heavy atom. The number of nitrogens with zero attached hydrogens (tertiary/aromatic N) is 2. The summed E-state index contributed by atoms with van der Waals surface area (Å²) in [4.78, 5) is 20.3. The molecule has 0 aromatic heterocycles. The maximum absolute atomic E-state index is 13.3. The Morgan fingerprint density at radius 3 is 2.28 bits per heavy atom. The molecule has 0 radical (unpaired) electrons. The van der Waals surface area contributed by atoms with Crippen LogP contribution in [0.3, 0.4) is 0 Å². The minimum atomic E-state index is -0.153. The first-order valence-electron chi connectivity index (χ1n) is 9.26. The van der Waals surface area contributed by atoms with Crippen LogP contribution in [0.4, 0.5) is 11.4 Å². The first-order chi connectivity index (χ1) is 14.0. The van der Waals surface area contributed by atoms with Gasteiger partial charge in [0.2, 0.25) is 0 Å². The van der Waals surface area contributed by atoms with Crippen LogP contribution in [-0.4, -0.2) is 16.2 Å². The number of anilines is 1. The Balaban J connectivity index is 1.84. The van der Waals surface area contributed by atoms with Gasteiger partial charge in [-0.2, -0.15) is 0 Å². The number of aromatic hydroxyl groups is 1. The van der Waals surface area contributed by atoms with Crippen LogP contribution in [0.1, 0.15) is 16.7 Å². The minimum Gasteiger partial charge on any atom is -0.507 e. The number of carbonyl (C=O) groups is 1. The lowest BCUT2D eigenvalue weighted by Crippen LogP contribution is -2.29. The van der Waals surface area contributed by atoms with Gasteiger partial charge in [-0.1, -0.05) is 54.6 Å². The van der Waals surface area contributed by atoms with Crippen molar-refractivity contribution in [1.29, 1.82) is 0 Å². The number of hydrogen-bond acceptors (Lipinski definition) is 4. The van der Waals surface area contributed by atoms with Crippen LogP contribution >= 0.6 is 11.8 Å². The van der Waals surface area contributed by atoms with E-state index in [4.69, 9.17) is 4.99 Å². The normalized spacial score (nSPS) is 16.8. The molecular formula is C24H20N2O2S. The van der Waals surface area contributed by atoms with Crippen molar-refractivity contribution in [2.24, 2.45) is 4.99 Å². The van der Waals surface area contributed by atoms with E-state index in [-0.39, 0.29) is 11.7 Å². The number of phenolic OH excluding ortho intramolecular Hbond substituents is 1. The van der Waals surface area contributed by atoms with Gasteiger partial charge in [0.05, 0.1) is 16.3 Å². The highest BCUT2D eigenvalue weighted by molar-refractivity contribution is 8.19. The smallest absolute Gasteiger partial charge is 0.271 e. The van der Waals surface area contributed by atoms with Crippen molar-refractivity contribution in [3.63, 3.8) is 0 Å². The van der Waals surface area contributed by atoms with Crippen LogP contribution in [0, 0.1) is 13.8 Å². The molecule has 4 nitrogen and oxygen atoms in total. The van der Waals surface area contributed by atoms with E-state index in [1.807, 2.05) is 68.4 Å². The molecule has 1 aliphatic heterocycles. The lowest BCUT2D eigenvalue weighted by atomic mass is 10.1. The summed E-state index contributed by atoms with van der Waals surface area (Å²) in [6, 6.07) is 22.6. The molecule has 0 atom stereocenters. The van der Waals surface area contributed by atoms with Crippen molar-refractivity contribution in [1.82, 2.24) is 0 Å². The third-order valence-electron chi connectivity index (χ3n) is 4.72. The highest BCUT2D eigenvalue weighted by atomic mass is 32.2. The molecule has 3 aromatic rings. The molecule has 0 spiro atoms. The Kier molecular flexibility index (Phi) is 5.23. The summed E-state index contributed by atoms with van der Waals surface area (Å²) >= 11 is 1.31. The Labute approximate surface area is 174 Å². The van der Waals surface area contributed by atoms with Gasteiger partial charge in [-0.15, -0.1) is 0 Å². The van der Waals surface area contributed by atoms with Crippen molar-refractivity contribution < 1.29 is 9.90 Å². The molecule has 0 bridgehead atoms. The summed E-state index contributed by atoms with van der Waals surface area (Å²) in [6.45, 7) is 3.97.